The summed E-state index contributed by atoms with van der Waals surface area (Å²) in [7, 11) is 0. The number of carboxylic acids is 1. The predicted molar refractivity (Wildman–Crippen MR) is 21.5 cm³/mol. The molecule has 0 aliphatic rings. The third kappa shape index (κ3) is 6.82. The summed E-state index contributed by atoms with van der Waals surface area (Å²) in [4.78, 5) is 9.37. The van der Waals surface area contributed by atoms with Crippen molar-refractivity contribution < 1.29 is 23.1 Å². The van der Waals surface area contributed by atoms with E-state index < -0.39 is 12.1 Å². The summed E-state index contributed by atoms with van der Waals surface area (Å²) in [6, 6.07) is 0. The highest BCUT2D eigenvalue weighted by Crippen LogP contribution is 2.11. The molecule has 0 saturated heterocycles. The van der Waals surface area contributed by atoms with Crippen LogP contribution in [-0.2, 0) is 4.79 Å². The molecular formula is C4HF3O2. The molecule has 0 rings (SSSR count). The number of halogens is 3. The largest absolute Gasteiger partial charge is 0.472 e. The predicted octanol–water partition coefficient (Wildman–Crippen LogP) is 0.637. The molecule has 0 spiro atoms. The smallest absolute Gasteiger partial charge is 0.458 e. The van der Waals surface area contributed by atoms with E-state index >= 15 is 0 Å². The second-order valence-electron chi connectivity index (χ2n) is 1.05. The molecule has 0 radical (unpaired) electrons. The van der Waals surface area contributed by atoms with Gasteiger partial charge in [0.05, 0.1) is 0 Å². The van der Waals surface area contributed by atoms with Gasteiger partial charge in [-0.25, -0.2) is 4.79 Å². The van der Waals surface area contributed by atoms with Crippen LogP contribution in [0.2, 0.25) is 0 Å². The lowest BCUT2D eigenvalue weighted by molar-refractivity contribution is -0.130. The molecular weight excluding hydrogens is 137 g/mol. The van der Waals surface area contributed by atoms with Crippen molar-refractivity contribution in [3.63, 3.8) is 0 Å². The Labute approximate surface area is 48.3 Å². The Morgan fingerprint density at radius 3 is 2.00 bits per heavy atom. The maximum Gasteiger partial charge on any atom is 0.458 e. The van der Waals surface area contributed by atoms with Crippen molar-refractivity contribution in [2.75, 3.05) is 0 Å². The zero-order valence-electron chi connectivity index (χ0n) is 3.99. The van der Waals surface area contributed by atoms with Gasteiger partial charge in [-0.15, -0.1) is 0 Å². The minimum Gasteiger partial charge on any atom is -0.472 e. The maximum atomic E-state index is 11.0. The van der Waals surface area contributed by atoms with Crippen LogP contribution < -0.4 is 0 Å². The van der Waals surface area contributed by atoms with Crippen LogP contribution >= 0.6 is 0 Å². The molecule has 1 N–H and O–H groups in total. The standard InChI is InChI=1S/C4HF3O2/c5-4(6,7)2-1-3(8)9/h(H,8,9). The molecule has 50 valence electrons. The number of carboxylic acid groups (broad SMARTS) is 1. The van der Waals surface area contributed by atoms with Crippen LogP contribution in [0.3, 0.4) is 0 Å². The van der Waals surface area contributed by atoms with Gasteiger partial charge in [0.25, 0.3) is 0 Å². The summed E-state index contributed by atoms with van der Waals surface area (Å²) in [6.45, 7) is 0. The number of alkyl halides is 3. The highest BCUT2D eigenvalue weighted by Gasteiger charge is 2.23. The van der Waals surface area contributed by atoms with Crippen molar-refractivity contribution in [2.24, 2.45) is 0 Å². The summed E-state index contributed by atoms with van der Waals surface area (Å²) < 4.78 is 32.9. The van der Waals surface area contributed by atoms with Crippen molar-refractivity contribution in [2.45, 2.75) is 6.18 Å². The average Bonchev–Trinajstić information content (AvgIpc) is 1.59. The molecule has 0 fully saturated rings. The molecule has 0 amide bonds. The molecule has 0 heterocycles. The van der Waals surface area contributed by atoms with Crippen molar-refractivity contribution in [1.29, 1.82) is 0 Å². The van der Waals surface area contributed by atoms with E-state index in [0.717, 1.165) is 5.92 Å². The minimum absolute atomic E-state index is 0.572. The zero-order valence-corrected chi connectivity index (χ0v) is 3.99. The number of aliphatic carboxylic acids is 1. The first-order valence-corrected chi connectivity index (χ1v) is 1.74. The lowest BCUT2D eigenvalue weighted by Gasteiger charge is -1.89. The van der Waals surface area contributed by atoms with Gasteiger partial charge in [0.1, 0.15) is 0 Å². The van der Waals surface area contributed by atoms with Gasteiger partial charge in [0.15, 0.2) is 0 Å². The van der Waals surface area contributed by atoms with E-state index in [-0.39, 0.29) is 0 Å². The summed E-state index contributed by atoms with van der Waals surface area (Å²) >= 11 is 0. The number of carbonyl (C=O) groups is 1. The Kier molecular flexibility index (Phi) is 2.08. The van der Waals surface area contributed by atoms with E-state index in [0.29, 0.717) is 5.92 Å². The van der Waals surface area contributed by atoms with Crippen LogP contribution in [0.4, 0.5) is 13.2 Å². The third-order valence-corrected chi connectivity index (χ3v) is 0.311. The van der Waals surface area contributed by atoms with Crippen LogP contribution in [0.15, 0.2) is 0 Å². The summed E-state index contributed by atoms with van der Waals surface area (Å²) in [5.41, 5.74) is 0. The fourth-order valence-electron chi connectivity index (χ4n) is 0.124. The quantitative estimate of drug-likeness (QED) is 0.498. The van der Waals surface area contributed by atoms with Crippen LogP contribution in [0.25, 0.3) is 0 Å². The summed E-state index contributed by atoms with van der Waals surface area (Å²) in [5.74, 6) is -0.286. The molecule has 0 aromatic carbocycles. The average molecular weight is 138 g/mol. The first-order chi connectivity index (χ1) is 3.92. The molecule has 0 saturated carbocycles. The summed E-state index contributed by atoms with van der Waals surface area (Å²) in [6.07, 6.45) is -4.71. The molecule has 0 atom stereocenters. The second-order valence-corrected chi connectivity index (χ2v) is 1.05. The number of rotatable bonds is 0. The van der Waals surface area contributed by atoms with Crippen LogP contribution in [0.5, 0.6) is 0 Å². The Morgan fingerprint density at radius 1 is 1.44 bits per heavy atom. The SMILES string of the molecule is O=C(O)C#CC(F)(F)F. The van der Waals surface area contributed by atoms with Crippen molar-refractivity contribution >= 4 is 5.97 Å². The van der Waals surface area contributed by atoms with Crippen molar-refractivity contribution in [3.05, 3.63) is 0 Å². The van der Waals surface area contributed by atoms with Crippen LogP contribution in [0.1, 0.15) is 0 Å². The Hall–Kier alpha value is -1.18. The van der Waals surface area contributed by atoms with E-state index in [4.69, 9.17) is 5.11 Å². The lowest BCUT2D eigenvalue weighted by Crippen LogP contribution is -2.03. The molecule has 0 aliphatic carbocycles. The lowest BCUT2D eigenvalue weighted by atomic mass is 10.6. The Balaban J connectivity index is 4.04. The minimum atomic E-state index is -4.71. The molecule has 9 heavy (non-hydrogen) atoms. The highest BCUT2D eigenvalue weighted by atomic mass is 19.4. The monoisotopic (exact) mass is 138 g/mol. The van der Waals surface area contributed by atoms with Gasteiger partial charge in [-0.05, 0) is 0 Å². The fraction of sp³-hybridized carbons (Fsp3) is 0.250. The third-order valence-electron chi connectivity index (χ3n) is 0.311. The fourth-order valence-corrected chi connectivity index (χ4v) is 0.124. The highest BCUT2D eigenvalue weighted by molar-refractivity contribution is 5.86. The Morgan fingerprint density at radius 2 is 1.89 bits per heavy atom. The number of hydrogen-bond donors (Lipinski definition) is 1. The van der Waals surface area contributed by atoms with E-state index in [9.17, 15) is 18.0 Å². The molecule has 0 aromatic heterocycles. The zero-order chi connectivity index (χ0) is 7.49. The van der Waals surface area contributed by atoms with Gasteiger partial charge >= 0.3 is 12.1 Å². The molecule has 0 aromatic rings. The van der Waals surface area contributed by atoms with Gasteiger partial charge in [0, 0.05) is 11.8 Å². The van der Waals surface area contributed by atoms with Gasteiger partial charge < -0.3 is 5.11 Å². The molecule has 5 heteroatoms. The maximum absolute atomic E-state index is 11.0. The molecule has 2 nitrogen and oxygen atoms in total. The topological polar surface area (TPSA) is 37.3 Å². The van der Waals surface area contributed by atoms with Gasteiger partial charge in [0.2, 0.25) is 0 Å². The van der Waals surface area contributed by atoms with Crippen molar-refractivity contribution in [1.82, 2.24) is 0 Å². The van der Waals surface area contributed by atoms with E-state index in [1.54, 1.807) is 0 Å². The van der Waals surface area contributed by atoms with Gasteiger partial charge in [-0.1, -0.05) is 0 Å². The van der Waals surface area contributed by atoms with Gasteiger partial charge in [-0.3, -0.25) is 0 Å². The summed E-state index contributed by atoms with van der Waals surface area (Å²) in [5, 5.41) is 7.60. The van der Waals surface area contributed by atoms with E-state index in [1.807, 2.05) is 0 Å². The second kappa shape index (κ2) is 2.40. The van der Waals surface area contributed by atoms with Crippen LogP contribution in [-0.4, -0.2) is 17.3 Å². The first kappa shape index (κ1) is 7.82. The van der Waals surface area contributed by atoms with E-state index in [1.165, 1.54) is 0 Å². The Bertz CT molecular complexity index is 170. The van der Waals surface area contributed by atoms with E-state index in [2.05, 4.69) is 0 Å². The van der Waals surface area contributed by atoms with Gasteiger partial charge in [-0.2, -0.15) is 13.2 Å². The van der Waals surface area contributed by atoms with Crippen molar-refractivity contribution in [3.8, 4) is 11.8 Å². The number of hydrogen-bond acceptors (Lipinski definition) is 1. The first-order valence-electron chi connectivity index (χ1n) is 1.74. The molecule has 0 aliphatic heterocycles. The normalized spacial score (nSPS) is 9.67. The van der Waals surface area contributed by atoms with Crippen LogP contribution in [0, 0.1) is 11.8 Å². The molecule has 0 unspecified atom stereocenters. The molecule has 0 bridgehead atoms.